The standard InChI is InChI=1S/C17H13FN2O3/c18-13-7-11-4-5-14(20-15(11)8-16(13)22)17(23)19-9-10-2-1-3-12(21)6-10/h1-8,21-22H,9H2,(H,19,23). The summed E-state index contributed by atoms with van der Waals surface area (Å²) in [6.07, 6.45) is 0. The van der Waals surface area contributed by atoms with Gasteiger partial charge in [0.15, 0.2) is 11.6 Å². The molecule has 1 amide bonds. The van der Waals surface area contributed by atoms with Crippen molar-refractivity contribution in [3.05, 3.63) is 65.6 Å². The van der Waals surface area contributed by atoms with Gasteiger partial charge in [0.25, 0.3) is 5.91 Å². The average molecular weight is 312 g/mol. The van der Waals surface area contributed by atoms with E-state index in [0.717, 1.165) is 11.6 Å². The van der Waals surface area contributed by atoms with E-state index in [-0.39, 0.29) is 18.0 Å². The van der Waals surface area contributed by atoms with Gasteiger partial charge in [-0.25, -0.2) is 9.37 Å². The van der Waals surface area contributed by atoms with E-state index < -0.39 is 17.5 Å². The molecule has 3 rings (SSSR count). The van der Waals surface area contributed by atoms with Crippen LogP contribution in [-0.4, -0.2) is 21.1 Å². The number of halogens is 1. The largest absolute Gasteiger partial charge is 0.508 e. The third-order valence-electron chi connectivity index (χ3n) is 3.35. The molecule has 0 saturated heterocycles. The Bertz CT molecular complexity index is 896. The van der Waals surface area contributed by atoms with Crippen LogP contribution >= 0.6 is 0 Å². The van der Waals surface area contributed by atoms with E-state index in [1.165, 1.54) is 12.1 Å². The minimum atomic E-state index is -0.736. The second-order valence-electron chi connectivity index (χ2n) is 5.05. The van der Waals surface area contributed by atoms with E-state index in [2.05, 4.69) is 10.3 Å². The normalized spacial score (nSPS) is 10.7. The third kappa shape index (κ3) is 3.21. The Labute approximate surface area is 131 Å². The molecule has 2 aromatic carbocycles. The van der Waals surface area contributed by atoms with Gasteiger partial charge in [0, 0.05) is 18.0 Å². The van der Waals surface area contributed by atoms with Crippen LogP contribution in [0.25, 0.3) is 10.9 Å². The molecule has 23 heavy (non-hydrogen) atoms. The van der Waals surface area contributed by atoms with Crippen molar-refractivity contribution in [2.24, 2.45) is 0 Å². The van der Waals surface area contributed by atoms with Crippen molar-refractivity contribution in [2.45, 2.75) is 6.54 Å². The van der Waals surface area contributed by atoms with Gasteiger partial charge in [-0.2, -0.15) is 0 Å². The predicted octanol–water partition coefficient (Wildman–Crippen LogP) is 2.72. The Hall–Kier alpha value is -3.15. The molecule has 0 aliphatic heterocycles. The van der Waals surface area contributed by atoms with Gasteiger partial charge in [-0.15, -0.1) is 0 Å². The highest BCUT2D eigenvalue weighted by Gasteiger charge is 2.10. The summed E-state index contributed by atoms with van der Waals surface area (Å²) in [6, 6.07) is 11.9. The Morgan fingerprint density at radius 1 is 1.13 bits per heavy atom. The molecule has 1 aromatic heterocycles. The summed E-state index contributed by atoms with van der Waals surface area (Å²) in [5.74, 6) is -1.53. The minimum absolute atomic E-state index is 0.123. The summed E-state index contributed by atoms with van der Waals surface area (Å²) in [7, 11) is 0. The number of phenols is 2. The molecule has 116 valence electrons. The molecule has 0 fully saturated rings. The van der Waals surface area contributed by atoms with Gasteiger partial charge in [-0.05, 0) is 29.8 Å². The zero-order chi connectivity index (χ0) is 16.4. The molecule has 3 N–H and O–H groups in total. The fourth-order valence-electron chi connectivity index (χ4n) is 2.20. The van der Waals surface area contributed by atoms with Crippen LogP contribution in [0, 0.1) is 5.82 Å². The molecule has 0 bridgehead atoms. The summed E-state index contributed by atoms with van der Waals surface area (Å²) in [6.45, 7) is 0.238. The van der Waals surface area contributed by atoms with Gasteiger partial charge in [-0.3, -0.25) is 4.79 Å². The first-order valence-corrected chi connectivity index (χ1v) is 6.88. The van der Waals surface area contributed by atoms with Crippen molar-refractivity contribution in [1.29, 1.82) is 0 Å². The lowest BCUT2D eigenvalue weighted by Gasteiger charge is -2.07. The number of aromatic hydroxyl groups is 2. The Morgan fingerprint density at radius 2 is 1.96 bits per heavy atom. The summed E-state index contributed by atoms with van der Waals surface area (Å²) in [4.78, 5) is 16.2. The summed E-state index contributed by atoms with van der Waals surface area (Å²) in [5, 5.41) is 21.9. The molecule has 6 heteroatoms. The van der Waals surface area contributed by atoms with Crippen LogP contribution in [0.1, 0.15) is 16.1 Å². The van der Waals surface area contributed by atoms with Crippen LogP contribution in [-0.2, 0) is 6.54 Å². The van der Waals surface area contributed by atoms with Gasteiger partial charge in [-0.1, -0.05) is 18.2 Å². The fourth-order valence-corrected chi connectivity index (χ4v) is 2.20. The molecule has 0 aliphatic carbocycles. The van der Waals surface area contributed by atoms with Crippen LogP contribution in [0.4, 0.5) is 4.39 Å². The quantitative estimate of drug-likeness (QED) is 0.694. The first-order chi connectivity index (χ1) is 11.0. The van der Waals surface area contributed by atoms with Gasteiger partial charge >= 0.3 is 0 Å². The van der Waals surface area contributed by atoms with Crippen molar-refractivity contribution in [3.63, 3.8) is 0 Å². The third-order valence-corrected chi connectivity index (χ3v) is 3.35. The summed E-state index contributed by atoms with van der Waals surface area (Å²) >= 11 is 0. The number of pyridine rings is 1. The van der Waals surface area contributed by atoms with Crippen LogP contribution < -0.4 is 5.32 Å². The molecule has 0 aliphatic rings. The summed E-state index contributed by atoms with van der Waals surface area (Å²) in [5.41, 5.74) is 1.23. The maximum Gasteiger partial charge on any atom is 0.270 e. The molecule has 0 atom stereocenters. The summed E-state index contributed by atoms with van der Waals surface area (Å²) < 4.78 is 13.3. The molecule has 0 spiro atoms. The molecule has 0 unspecified atom stereocenters. The zero-order valence-corrected chi connectivity index (χ0v) is 12.0. The second kappa shape index (κ2) is 5.92. The topological polar surface area (TPSA) is 82.5 Å². The number of carbonyl (C=O) groups excluding carboxylic acids is 1. The van der Waals surface area contributed by atoms with Crippen molar-refractivity contribution >= 4 is 16.8 Å². The molecule has 5 nitrogen and oxygen atoms in total. The lowest BCUT2D eigenvalue weighted by molar-refractivity contribution is 0.0946. The lowest BCUT2D eigenvalue weighted by Crippen LogP contribution is -2.23. The minimum Gasteiger partial charge on any atom is -0.508 e. The van der Waals surface area contributed by atoms with E-state index in [4.69, 9.17) is 0 Å². The number of aromatic nitrogens is 1. The van der Waals surface area contributed by atoms with E-state index in [0.29, 0.717) is 10.9 Å². The first kappa shape index (κ1) is 14.8. The Balaban J connectivity index is 1.79. The predicted molar refractivity (Wildman–Crippen MR) is 82.6 cm³/mol. The average Bonchev–Trinajstić information content (AvgIpc) is 2.53. The van der Waals surface area contributed by atoms with Crippen LogP contribution in [0.5, 0.6) is 11.5 Å². The second-order valence-corrected chi connectivity index (χ2v) is 5.05. The zero-order valence-electron chi connectivity index (χ0n) is 12.0. The molecular weight excluding hydrogens is 299 g/mol. The smallest absolute Gasteiger partial charge is 0.270 e. The van der Waals surface area contributed by atoms with Crippen LogP contribution in [0.2, 0.25) is 0 Å². The van der Waals surface area contributed by atoms with Crippen LogP contribution in [0.3, 0.4) is 0 Å². The highest BCUT2D eigenvalue weighted by molar-refractivity contribution is 5.95. The lowest BCUT2D eigenvalue weighted by atomic mass is 10.1. The van der Waals surface area contributed by atoms with Gasteiger partial charge in [0.1, 0.15) is 11.4 Å². The maximum atomic E-state index is 13.3. The van der Waals surface area contributed by atoms with E-state index in [9.17, 15) is 19.4 Å². The van der Waals surface area contributed by atoms with Gasteiger partial charge in [0.2, 0.25) is 0 Å². The number of amides is 1. The van der Waals surface area contributed by atoms with Crippen molar-refractivity contribution in [1.82, 2.24) is 10.3 Å². The van der Waals surface area contributed by atoms with Crippen molar-refractivity contribution in [2.75, 3.05) is 0 Å². The number of carbonyl (C=O) groups is 1. The highest BCUT2D eigenvalue weighted by Crippen LogP contribution is 2.22. The molecule has 0 saturated carbocycles. The van der Waals surface area contributed by atoms with Crippen LogP contribution in [0.15, 0.2) is 48.5 Å². The maximum absolute atomic E-state index is 13.3. The van der Waals surface area contributed by atoms with E-state index >= 15 is 0 Å². The number of hydrogen-bond donors (Lipinski definition) is 3. The SMILES string of the molecule is O=C(NCc1cccc(O)c1)c1ccc2cc(F)c(O)cc2n1. The Morgan fingerprint density at radius 3 is 2.74 bits per heavy atom. The molecule has 3 aromatic rings. The number of hydrogen-bond acceptors (Lipinski definition) is 4. The number of nitrogens with one attached hydrogen (secondary N) is 1. The van der Waals surface area contributed by atoms with Crippen molar-refractivity contribution < 1.29 is 19.4 Å². The number of nitrogens with zero attached hydrogens (tertiary/aromatic N) is 1. The Kier molecular flexibility index (Phi) is 3.80. The van der Waals surface area contributed by atoms with Gasteiger partial charge in [0.05, 0.1) is 5.52 Å². The van der Waals surface area contributed by atoms with Crippen molar-refractivity contribution in [3.8, 4) is 11.5 Å². The number of benzene rings is 2. The number of phenolic OH excluding ortho intramolecular Hbond substituents is 2. The monoisotopic (exact) mass is 312 g/mol. The number of fused-ring (bicyclic) bond motifs is 1. The highest BCUT2D eigenvalue weighted by atomic mass is 19.1. The molecular formula is C17H13FN2O3. The fraction of sp³-hybridized carbons (Fsp3) is 0.0588. The van der Waals surface area contributed by atoms with E-state index in [1.807, 2.05) is 0 Å². The van der Waals surface area contributed by atoms with E-state index in [1.54, 1.807) is 30.3 Å². The molecule has 0 radical (unpaired) electrons. The van der Waals surface area contributed by atoms with Gasteiger partial charge < -0.3 is 15.5 Å². The number of rotatable bonds is 3. The molecule has 1 heterocycles. The first-order valence-electron chi connectivity index (χ1n) is 6.88.